The van der Waals surface area contributed by atoms with E-state index in [-0.39, 0.29) is 17.4 Å². The van der Waals surface area contributed by atoms with Gasteiger partial charge >= 0.3 is 0 Å². The van der Waals surface area contributed by atoms with Crippen LogP contribution in [0.5, 0.6) is 5.75 Å². The minimum Gasteiger partial charge on any atom is -0.481 e. The maximum atomic E-state index is 12.3. The highest BCUT2D eigenvalue weighted by Crippen LogP contribution is 2.24. The summed E-state index contributed by atoms with van der Waals surface area (Å²) in [5.41, 5.74) is 0.441. The Bertz CT molecular complexity index is 684. The standard InChI is InChI=1S/C17H25NO4S/c1-12(2)14-6-5-7-15(10-14)22-13(3)16(19)18-17(4)8-9-23(20,21)11-17/h5-7,10,12-13H,8-9,11H2,1-4H3,(H,18,19). The van der Waals surface area contributed by atoms with Gasteiger partial charge in [0.15, 0.2) is 15.9 Å². The molecule has 0 aliphatic carbocycles. The molecule has 0 radical (unpaired) electrons. The Morgan fingerprint density at radius 2 is 2.00 bits per heavy atom. The lowest BCUT2D eigenvalue weighted by Crippen LogP contribution is -2.51. The third-order valence-electron chi connectivity index (χ3n) is 4.14. The zero-order valence-corrected chi connectivity index (χ0v) is 14.9. The average Bonchev–Trinajstić information content (AvgIpc) is 2.72. The molecule has 1 aromatic rings. The van der Waals surface area contributed by atoms with E-state index in [0.29, 0.717) is 18.1 Å². The molecule has 1 fully saturated rings. The van der Waals surface area contributed by atoms with Gasteiger partial charge in [0.05, 0.1) is 17.0 Å². The van der Waals surface area contributed by atoms with Crippen molar-refractivity contribution < 1.29 is 17.9 Å². The van der Waals surface area contributed by atoms with Crippen LogP contribution in [0.25, 0.3) is 0 Å². The summed E-state index contributed by atoms with van der Waals surface area (Å²) in [5, 5.41) is 2.83. The van der Waals surface area contributed by atoms with Crippen molar-refractivity contribution in [1.29, 1.82) is 0 Å². The van der Waals surface area contributed by atoms with Crippen molar-refractivity contribution in [3.63, 3.8) is 0 Å². The molecule has 1 aromatic carbocycles. The van der Waals surface area contributed by atoms with Crippen LogP contribution in [-0.4, -0.2) is 37.5 Å². The van der Waals surface area contributed by atoms with E-state index in [0.717, 1.165) is 5.56 Å². The van der Waals surface area contributed by atoms with Gasteiger partial charge in [-0.2, -0.15) is 0 Å². The number of ether oxygens (including phenoxy) is 1. The second-order valence-electron chi connectivity index (χ2n) is 6.88. The predicted octanol–water partition coefficient (Wildman–Crippen LogP) is 2.27. The first-order valence-electron chi connectivity index (χ1n) is 7.89. The lowest BCUT2D eigenvalue weighted by molar-refractivity contribution is -0.128. The van der Waals surface area contributed by atoms with Crippen molar-refractivity contribution in [3.8, 4) is 5.75 Å². The highest BCUT2D eigenvalue weighted by molar-refractivity contribution is 7.91. The first-order valence-corrected chi connectivity index (χ1v) is 9.71. The van der Waals surface area contributed by atoms with Crippen LogP contribution in [0, 0.1) is 0 Å². The number of sulfone groups is 1. The minimum absolute atomic E-state index is 0.0126. The Morgan fingerprint density at radius 1 is 1.30 bits per heavy atom. The molecule has 0 bridgehead atoms. The molecule has 2 unspecified atom stereocenters. The summed E-state index contributed by atoms with van der Waals surface area (Å²) >= 11 is 0. The molecule has 6 heteroatoms. The van der Waals surface area contributed by atoms with Crippen LogP contribution in [0.4, 0.5) is 0 Å². The molecule has 1 aliphatic heterocycles. The number of carbonyl (C=O) groups excluding carboxylic acids is 1. The summed E-state index contributed by atoms with van der Waals surface area (Å²) in [6, 6.07) is 7.67. The van der Waals surface area contributed by atoms with Crippen molar-refractivity contribution in [1.82, 2.24) is 5.32 Å². The summed E-state index contributed by atoms with van der Waals surface area (Å²) in [6.07, 6.45) is -0.242. The van der Waals surface area contributed by atoms with Gasteiger partial charge in [-0.1, -0.05) is 26.0 Å². The third kappa shape index (κ3) is 4.70. The zero-order chi connectivity index (χ0) is 17.3. The van der Waals surface area contributed by atoms with Gasteiger partial charge in [0.1, 0.15) is 5.75 Å². The van der Waals surface area contributed by atoms with E-state index >= 15 is 0 Å². The number of hydrogen-bond donors (Lipinski definition) is 1. The first kappa shape index (κ1) is 17.8. The van der Waals surface area contributed by atoms with Gasteiger partial charge in [-0.15, -0.1) is 0 Å². The zero-order valence-electron chi connectivity index (χ0n) is 14.1. The largest absolute Gasteiger partial charge is 0.481 e. The second-order valence-corrected chi connectivity index (χ2v) is 9.06. The Balaban J connectivity index is 1.99. The fraction of sp³-hybridized carbons (Fsp3) is 0.588. The SMILES string of the molecule is CC(Oc1cccc(C(C)C)c1)C(=O)NC1(C)CCS(=O)(=O)C1. The molecule has 1 N–H and O–H groups in total. The molecule has 128 valence electrons. The number of benzene rings is 1. The monoisotopic (exact) mass is 339 g/mol. The molecular weight excluding hydrogens is 314 g/mol. The van der Waals surface area contributed by atoms with Gasteiger partial charge < -0.3 is 10.1 Å². The molecule has 0 saturated carbocycles. The highest BCUT2D eigenvalue weighted by Gasteiger charge is 2.40. The molecule has 0 spiro atoms. The lowest BCUT2D eigenvalue weighted by atomic mass is 10.0. The maximum Gasteiger partial charge on any atom is 0.261 e. The molecular formula is C17H25NO4S. The van der Waals surface area contributed by atoms with E-state index in [1.807, 2.05) is 24.3 Å². The molecule has 5 nitrogen and oxygen atoms in total. The smallest absolute Gasteiger partial charge is 0.261 e. The molecule has 0 aromatic heterocycles. The molecule has 1 aliphatic rings. The van der Waals surface area contributed by atoms with Crippen molar-refractivity contribution in [2.75, 3.05) is 11.5 Å². The van der Waals surface area contributed by atoms with E-state index < -0.39 is 21.5 Å². The van der Waals surface area contributed by atoms with E-state index in [1.54, 1.807) is 13.8 Å². The molecule has 23 heavy (non-hydrogen) atoms. The summed E-state index contributed by atoms with van der Waals surface area (Å²) < 4.78 is 28.9. The summed E-state index contributed by atoms with van der Waals surface area (Å²) in [6.45, 7) is 7.62. The van der Waals surface area contributed by atoms with Gasteiger partial charge in [-0.3, -0.25) is 4.79 Å². The van der Waals surface area contributed by atoms with Crippen molar-refractivity contribution in [2.24, 2.45) is 0 Å². The Hall–Kier alpha value is -1.56. The van der Waals surface area contributed by atoms with Crippen LogP contribution < -0.4 is 10.1 Å². The number of carbonyl (C=O) groups is 1. The fourth-order valence-corrected chi connectivity index (χ4v) is 4.81. The highest BCUT2D eigenvalue weighted by atomic mass is 32.2. The van der Waals surface area contributed by atoms with Gasteiger partial charge in [-0.05, 0) is 43.9 Å². The molecule has 1 heterocycles. The summed E-state index contributed by atoms with van der Waals surface area (Å²) in [7, 11) is -3.05. The Kier molecular flexibility index (Phi) is 5.04. The fourth-order valence-electron chi connectivity index (χ4n) is 2.71. The van der Waals surface area contributed by atoms with Gasteiger partial charge in [0.25, 0.3) is 5.91 Å². The topological polar surface area (TPSA) is 72.5 Å². The summed E-state index contributed by atoms with van der Waals surface area (Å²) in [4.78, 5) is 12.3. The lowest BCUT2D eigenvalue weighted by Gasteiger charge is -2.26. The number of rotatable bonds is 5. The van der Waals surface area contributed by atoms with Crippen molar-refractivity contribution >= 4 is 15.7 Å². The second kappa shape index (κ2) is 6.51. The Labute approximate surface area is 138 Å². The normalized spacial score (nSPS) is 24.4. The van der Waals surface area contributed by atoms with E-state index in [1.165, 1.54) is 0 Å². The molecule has 2 atom stereocenters. The van der Waals surface area contributed by atoms with Crippen LogP contribution in [0.1, 0.15) is 45.6 Å². The Morgan fingerprint density at radius 3 is 2.57 bits per heavy atom. The van der Waals surface area contributed by atoms with E-state index in [9.17, 15) is 13.2 Å². The van der Waals surface area contributed by atoms with Crippen LogP contribution >= 0.6 is 0 Å². The van der Waals surface area contributed by atoms with Gasteiger partial charge in [0, 0.05) is 0 Å². The third-order valence-corrected chi connectivity index (χ3v) is 6.04. The quantitative estimate of drug-likeness (QED) is 0.893. The van der Waals surface area contributed by atoms with Crippen molar-refractivity contribution in [3.05, 3.63) is 29.8 Å². The number of hydrogen-bond acceptors (Lipinski definition) is 4. The predicted molar refractivity (Wildman–Crippen MR) is 90.4 cm³/mol. The first-order chi connectivity index (χ1) is 10.6. The minimum atomic E-state index is -3.05. The van der Waals surface area contributed by atoms with Crippen molar-refractivity contribution in [2.45, 2.75) is 51.7 Å². The van der Waals surface area contributed by atoms with E-state index in [2.05, 4.69) is 19.2 Å². The average molecular weight is 339 g/mol. The molecule has 1 amide bonds. The van der Waals surface area contributed by atoms with Crippen LogP contribution in [0.3, 0.4) is 0 Å². The van der Waals surface area contributed by atoms with E-state index in [4.69, 9.17) is 4.74 Å². The molecule has 1 saturated heterocycles. The van der Waals surface area contributed by atoms with Crippen LogP contribution in [0.15, 0.2) is 24.3 Å². The van der Waals surface area contributed by atoms with Gasteiger partial charge in [-0.25, -0.2) is 8.42 Å². The number of amides is 1. The maximum absolute atomic E-state index is 12.3. The summed E-state index contributed by atoms with van der Waals surface area (Å²) in [5.74, 6) is 0.837. The molecule has 2 rings (SSSR count). The van der Waals surface area contributed by atoms with Crippen LogP contribution in [0.2, 0.25) is 0 Å². The number of nitrogens with one attached hydrogen (secondary N) is 1. The van der Waals surface area contributed by atoms with Gasteiger partial charge in [0.2, 0.25) is 0 Å². The van der Waals surface area contributed by atoms with Crippen LogP contribution in [-0.2, 0) is 14.6 Å².